The van der Waals surface area contributed by atoms with Crippen LogP contribution < -0.4 is 10.6 Å². The summed E-state index contributed by atoms with van der Waals surface area (Å²) in [5.74, 6) is 0.515. The molecular formula is C44H29NS. The van der Waals surface area contributed by atoms with E-state index in [2.05, 4.69) is 151 Å². The van der Waals surface area contributed by atoms with Crippen molar-refractivity contribution in [1.82, 2.24) is 4.57 Å². The first kappa shape index (κ1) is 25.1. The van der Waals surface area contributed by atoms with E-state index < -0.39 is 5.41 Å². The highest BCUT2D eigenvalue weighted by atomic mass is 32.1. The van der Waals surface area contributed by atoms with Crippen LogP contribution >= 0.6 is 11.3 Å². The average Bonchev–Trinajstić information content (AvgIpc) is 3.74. The number of rotatable bonds is 1. The lowest BCUT2D eigenvalue weighted by atomic mass is 9.64. The summed E-state index contributed by atoms with van der Waals surface area (Å²) >= 11 is 1.92. The van der Waals surface area contributed by atoms with Crippen LogP contribution in [0.1, 0.15) is 35.6 Å². The highest BCUT2D eigenvalue weighted by molar-refractivity contribution is 7.26. The Morgan fingerprint density at radius 2 is 1.26 bits per heavy atom. The van der Waals surface area contributed by atoms with Gasteiger partial charge < -0.3 is 4.57 Å². The van der Waals surface area contributed by atoms with Crippen LogP contribution in [0, 0.1) is 5.92 Å². The molecule has 2 unspecified atom stereocenters. The van der Waals surface area contributed by atoms with Crippen LogP contribution in [0.2, 0.25) is 0 Å². The first-order valence-electron chi connectivity index (χ1n) is 16.3. The molecule has 1 spiro atoms. The van der Waals surface area contributed by atoms with E-state index in [1.54, 1.807) is 0 Å². The van der Waals surface area contributed by atoms with Gasteiger partial charge in [0.25, 0.3) is 0 Å². The van der Waals surface area contributed by atoms with Crippen molar-refractivity contribution >= 4 is 54.6 Å². The van der Waals surface area contributed by atoms with Gasteiger partial charge in [0, 0.05) is 30.8 Å². The molecule has 2 atom stereocenters. The second-order valence-corrected chi connectivity index (χ2v) is 14.3. The lowest BCUT2D eigenvalue weighted by Crippen LogP contribution is -2.38. The van der Waals surface area contributed by atoms with E-state index in [0.717, 1.165) is 6.42 Å². The van der Waals surface area contributed by atoms with Crippen molar-refractivity contribution in [2.75, 3.05) is 0 Å². The normalized spacial score (nSPS) is 18.7. The Labute approximate surface area is 271 Å². The summed E-state index contributed by atoms with van der Waals surface area (Å²) in [4.78, 5) is 0. The number of benzene rings is 6. The zero-order valence-corrected chi connectivity index (χ0v) is 26.2. The number of fused-ring (bicyclic) bond motifs is 15. The van der Waals surface area contributed by atoms with Gasteiger partial charge in [0.1, 0.15) is 0 Å². The summed E-state index contributed by atoms with van der Waals surface area (Å²) in [5, 5.41) is 6.77. The zero-order chi connectivity index (χ0) is 30.1. The minimum atomic E-state index is -0.458. The maximum absolute atomic E-state index is 2.59. The number of para-hydroxylation sites is 2. The van der Waals surface area contributed by atoms with Gasteiger partial charge in [-0.1, -0.05) is 134 Å². The van der Waals surface area contributed by atoms with E-state index in [9.17, 15) is 0 Å². The molecule has 1 nitrogen and oxygen atoms in total. The third-order valence-electron chi connectivity index (χ3n) is 10.9. The number of aromatic nitrogens is 1. The Kier molecular flexibility index (Phi) is 4.77. The van der Waals surface area contributed by atoms with Gasteiger partial charge in [0.2, 0.25) is 0 Å². The fraction of sp³-hybridized carbons (Fsp3) is 0.0909. The van der Waals surface area contributed by atoms with Crippen molar-refractivity contribution in [3.8, 4) is 27.9 Å². The van der Waals surface area contributed by atoms with Crippen LogP contribution in [0.5, 0.6) is 0 Å². The Bertz CT molecular complexity index is 2760. The van der Waals surface area contributed by atoms with Crippen LogP contribution in [0.3, 0.4) is 0 Å². The van der Waals surface area contributed by atoms with Gasteiger partial charge in [-0.2, -0.15) is 0 Å². The topological polar surface area (TPSA) is 4.93 Å². The smallest absolute Gasteiger partial charge is 0.0760 e. The van der Waals surface area contributed by atoms with Gasteiger partial charge in [0.05, 0.1) is 22.0 Å². The number of hydrogen-bond donors (Lipinski definition) is 0. The maximum Gasteiger partial charge on any atom is 0.0760 e. The molecule has 1 aliphatic heterocycles. The molecule has 6 aromatic carbocycles. The van der Waals surface area contributed by atoms with E-state index in [0.29, 0.717) is 5.92 Å². The summed E-state index contributed by atoms with van der Waals surface area (Å²) in [6.45, 7) is 2.34. The van der Waals surface area contributed by atoms with Crippen molar-refractivity contribution in [2.24, 2.45) is 5.92 Å². The second kappa shape index (κ2) is 8.75. The molecule has 11 rings (SSSR count). The summed E-state index contributed by atoms with van der Waals surface area (Å²) in [6, 6.07) is 48.3. The minimum Gasteiger partial charge on any atom is -0.309 e. The standard InChI is InChI=1S/C44H29NS/c1-26-23-24-28-32-15-10-20-37-42(32)45(39(28)25-26)38-21-6-5-19-36(38)44(37)35-18-4-2-11-27(35)30-13-8-14-31(41(30)44)34-17-9-16-33-29-12-3-7-22-40(29)46-43(33)34/h2-22,24-26H,23H2,1H3. The van der Waals surface area contributed by atoms with Crippen LogP contribution in [-0.4, -0.2) is 4.57 Å². The zero-order valence-electron chi connectivity index (χ0n) is 25.4. The third kappa shape index (κ3) is 2.88. The molecule has 2 aromatic heterocycles. The molecule has 0 N–H and O–H groups in total. The predicted molar refractivity (Wildman–Crippen MR) is 194 cm³/mol. The van der Waals surface area contributed by atoms with Crippen LogP contribution in [0.4, 0.5) is 0 Å². The van der Waals surface area contributed by atoms with Gasteiger partial charge in [-0.25, -0.2) is 0 Å². The number of nitrogens with zero attached hydrogens (tertiary/aromatic N) is 1. The Hall–Kier alpha value is -5.18. The summed E-state index contributed by atoms with van der Waals surface area (Å²) < 4.78 is 5.29. The molecule has 0 bridgehead atoms. The lowest BCUT2D eigenvalue weighted by Gasteiger charge is -2.40. The molecule has 3 aliphatic rings. The van der Waals surface area contributed by atoms with Crippen molar-refractivity contribution < 1.29 is 0 Å². The van der Waals surface area contributed by atoms with Crippen molar-refractivity contribution in [3.63, 3.8) is 0 Å². The van der Waals surface area contributed by atoms with Crippen LogP contribution in [0.25, 0.3) is 71.2 Å². The fourth-order valence-electron chi connectivity index (χ4n) is 9.19. The quantitative estimate of drug-likeness (QED) is 0.176. The molecule has 46 heavy (non-hydrogen) atoms. The second-order valence-electron chi connectivity index (χ2n) is 13.2. The third-order valence-corrected chi connectivity index (χ3v) is 12.1. The summed E-state index contributed by atoms with van der Waals surface area (Å²) in [7, 11) is 0. The lowest BCUT2D eigenvalue weighted by molar-refractivity contribution is 0.739. The highest BCUT2D eigenvalue weighted by Crippen LogP contribution is 2.62. The Morgan fingerprint density at radius 3 is 2.20 bits per heavy atom. The molecule has 0 fully saturated rings. The average molecular weight is 604 g/mol. The molecular weight excluding hydrogens is 575 g/mol. The molecule has 0 saturated heterocycles. The largest absolute Gasteiger partial charge is 0.309 e. The number of hydrogen-bond acceptors (Lipinski definition) is 1. The van der Waals surface area contributed by atoms with E-state index in [-0.39, 0.29) is 0 Å². The molecule has 2 heteroatoms. The van der Waals surface area contributed by atoms with Gasteiger partial charge in [0.15, 0.2) is 0 Å². The SMILES string of the molecule is CC1C=c2c(c3cccc4c3n2-c2ccccc2C42c3ccccc3-c3cccc(-c4cccc5c4sc4ccccc45)c32)=CC1. The van der Waals surface area contributed by atoms with Gasteiger partial charge in [-0.15, -0.1) is 11.3 Å². The van der Waals surface area contributed by atoms with E-state index in [4.69, 9.17) is 0 Å². The van der Waals surface area contributed by atoms with E-state index >= 15 is 0 Å². The molecule has 0 amide bonds. The summed E-state index contributed by atoms with van der Waals surface area (Å²) in [6.07, 6.45) is 6.06. The minimum absolute atomic E-state index is 0.458. The first-order valence-corrected chi connectivity index (χ1v) is 17.2. The molecule has 3 heterocycles. The predicted octanol–water partition coefficient (Wildman–Crippen LogP) is 9.94. The summed E-state index contributed by atoms with van der Waals surface area (Å²) in [5.41, 5.74) is 13.1. The van der Waals surface area contributed by atoms with Crippen LogP contribution in [0.15, 0.2) is 127 Å². The highest BCUT2D eigenvalue weighted by Gasteiger charge is 2.52. The van der Waals surface area contributed by atoms with E-state index in [1.165, 1.54) is 91.8 Å². The molecule has 8 aromatic rings. The fourth-order valence-corrected chi connectivity index (χ4v) is 10.4. The molecule has 216 valence electrons. The molecule has 0 saturated carbocycles. The monoisotopic (exact) mass is 603 g/mol. The van der Waals surface area contributed by atoms with Gasteiger partial charge >= 0.3 is 0 Å². The molecule has 0 radical (unpaired) electrons. The van der Waals surface area contributed by atoms with Crippen molar-refractivity contribution in [1.29, 1.82) is 0 Å². The van der Waals surface area contributed by atoms with Gasteiger partial charge in [-0.05, 0) is 69.0 Å². The van der Waals surface area contributed by atoms with Crippen molar-refractivity contribution in [3.05, 3.63) is 160 Å². The number of thiophene rings is 1. The Balaban J connectivity index is 1.36. The van der Waals surface area contributed by atoms with Gasteiger partial charge in [-0.3, -0.25) is 0 Å². The first-order chi connectivity index (χ1) is 22.7. The Morgan fingerprint density at radius 1 is 0.609 bits per heavy atom. The van der Waals surface area contributed by atoms with Crippen molar-refractivity contribution in [2.45, 2.75) is 18.8 Å². The van der Waals surface area contributed by atoms with Crippen LogP contribution in [-0.2, 0) is 5.41 Å². The maximum atomic E-state index is 2.59. The molecule has 2 aliphatic carbocycles. The van der Waals surface area contributed by atoms with E-state index in [1.807, 2.05) is 11.3 Å².